The van der Waals surface area contributed by atoms with Gasteiger partial charge in [-0.25, -0.2) is 0 Å². The second-order valence-electron chi connectivity index (χ2n) is 8.84. The van der Waals surface area contributed by atoms with Crippen LogP contribution in [-0.4, -0.2) is 42.7 Å². The van der Waals surface area contributed by atoms with Crippen molar-refractivity contribution < 1.29 is 4.79 Å². The Labute approximate surface area is 192 Å². The van der Waals surface area contributed by atoms with Crippen molar-refractivity contribution in [1.29, 1.82) is 5.26 Å². The van der Waals surface area contributed by atoms with Crippen molar-refractivity contribution in [3.63, 3.8) is 0 Å². The van der Waals surface area contributed by atoms with Crippen molar-refractivity contribution in [1.82, 2.24) is 10.2 Å². The number of H-pyrrole nitrogens is 1. The predicted octanol–water partition coefficient (Wildman–Crippen LogP) is 4.89. The van der Waals surface area contributed by atoms with Crippen LogP contribution < -0.4 is 9.80 Å². The summed E-state index contributed by atoms with van der Waals surface area (Å²) >= 11 is 6.36. The van der Waals surface area contributed by atoms with Gasteiger partial charge in [-0.05, 0) is 55.5 Å². The van der Waals surface area contributed by atoms with Gasteiger partial charge < -0.3 is 14.6 Å². The molecule has 0 bridgehead atoms. The van der Waals surface area contributed by atoms with Gasteiger partial charge in [-0.15, -0.1) is 0 Å². The van der Waals surface area contributed by atoms with E-state index in [9.17, 15) is 10.1 Å². The maximum Gasteiger partial charge on any atom is 0.171 e. The van der Waals surface area contributed by atoms with Gasteiger partial charge in [0.1, 0.15) is 12.4 Å². The third-order valence-corrected chi connectivity index (χ3v) is 7.29. The second-order valence-corrected chi connectivity index (χ2v) is 9.24. The normalized spacial score (nSPS) is 19.8. The summed E-state index contributed by atoms with van der Waals surface area (Å²) < 4.78 is 0. The molecule has 1 aromatic heterocycles. The standard InChI is InChI=1S/C25H26ClN5O/c26-21-7-8-23(25-24(21)22(14-27)28-29-25)31-11-1-2-19(15-31)18-3-5-20(6-4-18)30-12-9-17(16-32)10-13-30/h3-8,16-17,19H,1-2,9-13,15H2,(H,28,29)/t19-/m1/s1. The van der Waals surface area contributed by atoms with Gasteiger partial charge >= 0.3 is 0 Å². The number of hydrogen-bond acceptors (Lipinski definition) is 5. The first-order valence-corrected chi connectivity index (χ1v) is 11.7. The largest absolute Gasteiger partial charge is 0.371 e. The molecule has 1 N–H and O–H groups in total. The topological polar surface area (TPSA) is 76.0 Å². The third kappa shape index (κ3) is 3.82. The highest BCUT2D eigenvalue weighted by molar-refractivity contribution is 6.36. The number of piperidine rings is 2. The number of fused-ring (bicyclic) bond motifs is 1. The molecule has 0 saturated carbocycles. The molecule has 5 rings (SSSR count). The molecular formula is C25H26ClN5O. The SMILES string of the molecule is N#Cc1n[nH]c2c(N3CCC[C@@H](c4ccc(N5CCC(C=O)CC5)cc4)C3)ccc(Cl)c12. The van der Waals surface area contributed by atoms with Crippen LogP contribution in [0.1, 0.15) is 42.9 Å². The van der Waals surface area contributed by atoms with Gasteiger partial charge in [0, 0.05) is 43.7 Å². The Morgan fingerprint density at radius 3 is 2.56 bits per heavy atom. The maximum absolute atomic E-state index is 11.0. The van der Waals surface area contributed by atoms with Crippen LogP contribution in [0.2, 0.25) is 5.02 Å². The zero-order valence-corrected chi connectivity index (χ0v) is 18.7. The molecule has 0 unspecified atom stereocenters. The number of halogens is 1. The highest BCUT2D eigenvalue weighted by Gasteiger charge is 2.25. The summed E-state index contributed by atoms with van der Waals surface area (Å²) in [7, 11) is 0. The summed E-state index contributed by atoms with van der Waals surface area (Å²) in [6, 6.07) is 15.0. The third-order valence-electron chi connectivity index (χ3n) is 6.98. The molecule has 7 heteroatoms. The number of anilines is 2. The number of carbonyl (C=O) groups is 1. The molecular weight excluding hydrogens is 422 g/mol. The first-order valence-electron chi connectivity index (χ1n) is 11.3. The number of nitrogens with zero attached hydrogens (tertiary/aromatic N) is 4. The van der Waals surface area contributed by atoms with E-state index in [1.54, 1.807) is 0 Å². The highest BCUT2D eigenvalue weighted by Crippen LogP contribution is 2.37. The first-order chi connectivity index (χ1) is 15.7. The number of aromatic amines is 1. The molecule has 32 heavy (non-hydrogen) atoms. The van der Waals surface area contributed by atoms with E-state index in [2.05, 4.69) is 50.3 Å². The number of benzene rings is 2. The van der Waals surface area contributed by atoms with Crippen molar-refractivity contribution in [2.24, 2.45) is 5.92 Å². The molecule has 164 valence electrons. The van der Waals surface area contributed by atoms with E-state index < -0.39 is 0 Å². The molecule has 2 aliphatic rings. The fraction of sp³-hybridized carbons (Fsp3) is 0.400. The van der Waals surface area contributed by atoms with Gasteiger partial charge in [0.2, 0.25) is 0 Å². The molecule has 0 spiro atoms. The Morgan fingerprint density at radius 1 is 1.06 bits per heavy atom. The number of carbonyl (C=O) groups excluding carboxylic acids is 1. The van der Waals surface area contributed by atoms with Crippen LogP contribution in [0.5, 0.6) is 0 Å². The Morgan fingerprint density at radius 2 is 1.84 bits per heavy atom. The van der Waals surface area contributed by atoms with Gasteiger partial charge in [0.25, 0.3) is 0 Å². The maximum atomic E-state index is 11.0. The molecule has 2 aliphatic heterocycles. The zero-order chi connectivity index (χ0) is 22.1. The van der Waals surface area contributed by atoms with Crippen molar-refractivity contribution in [3.05, 3.63) is 52.7 Å². The Kier molecular flexibility index (Phi) is 5.75. The number of aromatic nitrogens is 2. The van der Waals surface area contributed by atoms with Crippen LogP contribution in [-0.2, 0) is 4.79 Å². The van der Waals surface area contributed by atoms with Crippen molar-refractivity contribution in [2.75, 3.05) is 36.0 Å². The number of rotatable bonds is 4. The van der Waals surface area contributed by atoms with Crippen molar-refractivity contribution in [2.45, 2.75) is 31.6 Å². The average molecular weight is 448 g/mol. The smallest absolute Gasteiger partial charge is 0.171 e. The lowest BCUT2D eigenvalue weighted by molar-refractivity contribution is -0.111. The Hall–Kier alpha value is -3.04. The minimum Gasteiger partial charge on any atom is -0.371 e. The van der Waals surface area contributed by atoms with Gasteiger partial charge in [0.15, 0.2) is 5.69 Å². The molecule has 0 radical (unpaired) electrons. The van der Waals surface area contributed by atoms with Gasteiger partial charge in [-0.1, -0.05) is 23.7 Å². The summed E-state index contributed by atoms with van der Waals surface area (Å²) in [4.78, 5) is 15.8. The van der Waals surface area contributed by atoms with E-state index >= 15 is 0 Å². The molecule has 2 fully saturated rings. The summed E-state index contributed by atoms with van der Waals surface area (Å²) in [5, 5.41) is 17.8. The van der Waals surface area contributed by atoms with Gasteiger partial charge in [0.05, 0.1) is 21.6 Å². The quantitative estimate of drug-likeness (QED) is 0.576. The number of aldehydes is 1. The van der Waals surface area contributed by atoms with E-state index in [1.807, 2.05) is 12.1 Å². The molecule has 2 aromatic carbocycles. The second kappa shape index (κ2) is 8.84. The number of nitriles is 1. The van der Waals surface area contributed by atoms with Gasteiger partial charge in [-0.2, -0.15) is 10.4 Å². The molecule has 2 saturated heterocycles. The lowest BCUT2D eigenvalue weighted by Gasteiger charge is -2.35. The predicted molar refractivity (Wildman–Crippen MR) is 127 cm³/mol. The van der Waals surface area contributed by atoms with Crippen LogP contribution >= 0.6 is 11.6 Å². The van der Waals surface area contributed by atoms with Crippen LogP contribution in [0.15, 0.2) is 36.4 Å². The molecule has 1 atom stereocenters. The molecule has 0 aliphatic carbocycles. The van der Waals surface area contributed by atoms with E-state index in [0.29, 0.717) is 22.0 Å². The van der Waals surface area contributed by atoms with E-state index in [1.165, 1.54) is 11.3 Å². The molecule has 0 amide bonds. The summed E-state index contributed by atoms with van der Waals surface area (Å²) in [5.74, 6) is 0.667. The summed E-state index contributed by atoms with van der Waals surface area (Å²) in [6.07, 6.45) is 5.26. The van der Waals surface area contributed by atoms with E-state index in [0.717, 1.165) is 69.4 Å². The Balaban J connectivity index is 1.33. The molecule has 3 heterocycles. The number of nitrogens with one attached hydrogen (secondary N) is 1. The fourth-order valence-electron chi connectivity index (χ4n) is 5.14. The highest BCUT2D eigenvalue weighted by atomic mass is 35.5. The van der Waals surface area contributed by atoms with Crippen LogP contribution in [0.3, 0.4) is 0 Å². The van der Waals surface area contributed by atoms with Crippen molar-refractivity contribution in [3.8, 4) is 6.07 Å². The minimum absolute atomic E-state index is 0.220. The Bertz CT molecular complexity index is 1160. The van der Waals surface area contributed by atoms with E-state index in [-0.39, 0.29) is 5.92 Å². The van der Waals surface area contributed by atoms with Crippen LogP contribution in [0.25, 0.3) is 10.9 Å². The molecule has 6 nitrogen and oxygen atoms in total. The zero-order valence-electron chi connectivity index (χ0n) is 17.9. The number of hydrogen-bond donors (Lipinski definition) is 1. The first kappa shape index (κ1) is 20.8. The lowest BCUT2D eigenvalue weighted by atomic mass is 9.90. The lowest BCUT2D eigenvalue weighted by Crippen LogP contribution is -2.35. The molecule has 3 aromatic rings. The minimum atomic E-state index is 0.220. The fourth-order valence-corrected chi connectivity index (χ4v) is 5.39. The average Bonchev–Trinajstić information content (AvgIpc) is 3.30. The van der Waals surface area contributed by atoms with Crippen molar-refractivity contribution >= 4 is 40.2 Å². The monoisotopic (exact) mass is 447 g/mol. The van der Waals surface area contributed by atoms with Gasteiger partial charge in [-0.3, -0.25) is 5.10 Å². The summed E-state index contributed by atoms with van der Waals surface area (Å²) in [6.45, 7) is 3.78. The van der Waals surface area contributed by atoms with E-state index in [4.69, 9.17) is 11.6 Å². The van der Waals surface area contributed by atoms with Crippen LogP contribution in [0.4, 0.5) is 11.4 Å². The summed E-state index contributed by atoms with van der Waals surface area (Å²) in [5.41, 5.74) is 4.83. The van der Waals surface area contributed by atoms with Crippen LogP contribution in [0, 0.1) is 17.2 Å².